The maximum atomic E-state index is 12.3. The van der Waals surface area contributed by atoms with Crippen LogP contribution in [0.3, 0.4) is 0 Å². The van der Waals surface area contributed by atoms with Gasteiger partial charge in [0.2, 0.25) is 0 Å². The smallest absolute Gasteiger partial charge is 0.258 e. The average molecular weight is 331 g/mol. The number of amides is 1. The molecule has 0 bridgehead atoms. The van der Waals surface area contributed by atoms with E-state index in [2.05, 4.69) is 15.9 Å². The first-order valence-electron chi connectivity index (χ1n) is 5.51. The molecule has 6 heteroatoms. The topological polar surface area (TPSA) is 66.6 Å². The number of thiocarbonyl (C=S) groups is 1. The first kappa shape index (κ1) is 14.9. The molecule has 1 amide bonds. The molecule has 0 atom stereocenters. The molecule has 0 unspecified atom stereocenters. The van der Waals surface area contributed by atoms with Crippen molar-refractivity contribution >= 4 is 39.0 Å². The Morgan fingerprint density at radius 3 is 2.78 bits per heavy atom. The van der Waals surface area contributed by atoms with E-state index in [0.29, 0.717) is 6.54 Å². The van der Waals surface area contributed by atoms with Crippen LogP contribution in [0.5, 0.6) is 5.75 Å². The van der Waals surface area contributed by atoms with Crippen molar-refractivity contribution in [3.63, 3.8) is 0 Å². The molecule has 0 radical (unpaired) electrons. The molecule has 0 aliphatic carbocycles. The first-order chi connectivity index (χ1) is 8.45. The van der Waals surface area contributed by atoms with Crippen LogP contribution in [0, 0.1) is 0 Å². The summed E-state index contributed by atoms with van der Waals surface area (Å²) in [5.74, 6) is -0.323. The Kier molecular flexibility index (Phi) is 5.55. The number of carbonyl (C=O) groups is 1. The first-order valence-corrected chi connectivity index (χ1v) is 6.72. The monoisotopic (exact) mass is 330 g/mol. The Hall–Kier alpha value is -1.14. The van der Waals surface area contributed by atoms with Gasteiger partial charge in [0.05, 0.1) is 17.1 Å². The zero-order valence-electron chi connectivity index (χ0n) is 10.0. The Morgan fingerprint density at radius 2 is 2.22 bits per heavy atom. The van der Waals surface area contributed by atoms with E-state index in [4.69, 9.17) is 18.0 Å². The van der Waals surface area contributed by atoms with Gasteiger partial charge in [0.1, 0.15) is 5.75 Å². The molecular formula is C12H15BrN2O2S. The number of nitrogens with two attached hydrogens (primary N) is 1. The van der Waals surface area contributed by atoms with E-state index in [-0.39, 0.29) is 28.8 Å². The normalized spacial score (nSPS) is 10.1. The second-order valence-corrected chi connectivity index (χ2v) is 5.29. The van der Waals surface area contributed by atoms with Gasteiger partial charge in [-0.25, -0.2) is 0 Å². The lowest BCUT2D eigenvalue weighted by atomic mass is 10.1. The van der Waals surface area contributed by atoms with Crippen LogP contribution in [0.25, 0.3) is 0 Å². The molecule has 1 aromatic rings. The molecule has 0 spiro atoms. The minimum Gasteiger partial charge on any atom is -0.507 e. The lowest BCUT2D eigenvalue weighted by Gasteiger charge is -2.22. The van der Waals surface area contributed by atoms with E-state index < -0.39 is 0 Å². The van der Waals surface area contributed by atoms with Gasteiger partial charge in [0.25, 0.3) is 5.91 Å². The molecule has 0 saturated carbocycles. The highest BCUT2D eigenvalue weighted by Crippen LogP contribution is 2.23. The number of halogens is 1. The number of hydrogen-bond acceptors (Lipinski definition) is 3. The Labute approximate surface area is 120 Å². The predicted octanol–water partition coefficient (Wildman–Crippen LogP) is 2.29. The zero-order valence-corrected chi connectivity index (χ0v) is 12.4. The van der Waals surface area contributed by atoms with Crippen LogP contribution in [-0.4, -0.2) is 34.0 Å². The highest BCUT2D eigenvalue weighted by molar-refractivity contribution is 9.10. The third kappa shape index (κ3) is 3.96. The van der Waals surface area contributed by atoms with Gasteiger partial charge in [-0.3, -0.25) is 4.79 Å². The highest BCUT2D eigenvalue weighted by atomic mass is 79.9. The van der Waals surface area contributed by atoms with Gasteiger partial charge in [-0.05, 0) is 24.6 Å². The quantitative estimate of drug-likeness (QED) is 0.813. The largest absolute Gasteiger partial charge is 0.507 e. The second kappa shape index (κ2) is 6.70. The van der Waals surface area contributed by atoms with Crippen molar-refractivity contribution in [2.75, 3.05) is 13.1 Å². The molecule has 4 nitrogen and oxygen atoms in total. The number of phenols is 1. The fourth-order valence-corrected chi connectivity index (χ4v) is 2.08. The Bertz CT molecular complexity index is 465. The van der Waals surface area contributed by atoms with Crippen molar-refractivity contribution in [3.05, 3.63) is 28.2 Å². The number of benzene rings is 1. The fourth-order valence-electron chi connectivity index (χ4n) is 1.56. The van der Waals surface area contributed by atoms with E-state index >= 15 is 0 Å². The molecule has 0 aliphatic rings. The number of rotatable bonds is 5. The van der Waals surface area contributed by atoms with Crippen molar-refractivity contribution in [1.29, 1.82) is 0 Å². The summed E-state index contributed by atoms with van der Waals surface area (Å²) in [5, 5.41) is 9.72. The van der Waals surface area contributed by atoms with E-state index in [1.54, 1.807) is 12.1 Å². The minimum atomic E-state index is -0.275. The van der Waals surface area contributed by atoms with Crippen molar-refractivity contribution in [2.45, 2.75) is 13.3 Å². The van der Waals surface area contributed by atoms with E-state index in [1.807, 2.05) is 6.92 Å². The summed E-state index contributed by atoms with van der Waals surface area (Å²) in [6, 6.07) is 4.73. The molecule has 18 heavy (non-hydrogen) atoms. The maximum Gasteiger partial charge on any atom is 0.258 e. The Morgan fingerprint density at radius 1 is 1.56 bits per heavy atom. The second-order valence-electron chi connectivity index (χ2n) is 3.85. The van der Waals surface area contributed by atoms with E-state index in [9.17, 15) is 9.90 Å². The summed E-state index contributed by atoms with van der Waals surface area (Å²) in [5.41, 5.74) is 5.72. The molecule has 1 rings (SSSR count). The summed E-state index contributed by atoms with van der Waals surface area (Å²) in [6.45, 7) is 2.72. The standard InChI is InChI=1S/C12H15BrN2O2S/c1-2-5-15(7-11(14)18)12(17)9-6-8(13)3-4-10(9)16/h3-4,6,16H,2,5,7H2,1H3,(H2,14,18). The van der Waals surface area contributed by atoms with Gasteiger partial charge >= 0.3 is 0 Å². The molecule has 1 aromatic carbocycles. The van der Waals surface area contributed by atoms with Crippen LogP contribution in [0.4, 0.5) is 0 Å². The lowest BCUT2D eigenvalue weighted by molar-refractivity contribution is 0.0777. The summed E-state index contributed by atoms with van der Waals surface area (Å²) >= 11 is 8.10. The predicted molar refractivity (Wildman–Crippen MR) is 78.8 cm³/mol. The summed E-state index contributed by atoms with van der Waals surface area (Å²) < 4.78 is 0.732. The van der Waals surface area contributed by atoms with Gasteiger partial charge in [0, 0.05) is 11.0 Å². The molecule has 3 N–H and O–H groups in total. The summed E-state index contributed by atoms with van der Waals surface area (Å²) in [4.78, 5) is 14.1. The minimum absolute atomic E-state index is 0.0488. The molecule has 0 aromatic heterocycles. The van der Waals surface area contributed by atoms with E-state index in [1.165, 1.54) is 11.0 Å². The lowest BCUT2D eigenvalue weighted by Crippen LogP contribution is -2.38. The Balaban J connectivity index is 3.01. The SMILES string of the molecule is CCCN(CC(N)=S)C(=O)c1cc(Br)ccc1O. The maximum absolute atomic E-state index is 12.3. The number of nitrogens with zero attached hydrogens (tertiary/aromatic N) is 1. The van der Waals surface area contributed by atoms with Crippen LogP contribution < -0.4 is 5.73 Å². The van der Waals surface area contributed by atoms with Gasteiger partial charge in [-0.1, -0.05) is 35.1 Å². The molecule has 0 aliphatic heterocycles. The van der Waals surface area contributed by atoms with Gasteiger partial charge < -0.3 is 15.7 Å². The third-order valence-electron chi connectivity index (χ3n) is 2.32. The van der Waals surface area contributed by atoms with Crippen molar-refractivity contribution in [3.8, 4) is 5.75 Å². The molecule has 98 valence electrons. The number of aromatic hydroxyl groups is 1. The average Bonchev–Trinajstić information content (AvgIpc) is 2.30. The summed E-state index contributed by atoms with van der Waals surface area (Å²) in [6.07, 6.45) is 0.795. The van der Waals surface area contributed by atoms with E-state index in [0.717, 1.165) is 10.9 Å². The number of phenolic OH excluding ortho intramolecular Hbond substituents is 1. The van der Waals surface area contributed by atoms with Crippen molar-refractivity contribution in [1.82, 2.24) is 4.90 Å². The number of carbonyl (C=O) groups excluding carboxylic acids is 1. The molecule has 0 fully saturated rings. The van der Waals surface area contributed by atoms with Crippen LogP contribution in [-0.2, 0) is 0 Å². The summed E-state index contributed by atoms with van der Waals surface area (Å²) in [7, 11) is 0. The highest BCUT2D eigenvalue weighted by Gasteiger charge is 2.19. The number of hydrogen-bond donors (Lipinski definition) is 2. The van der Waals surface area contributed by atoms with Gasteiger partial charge in [-0.15, -0.1) is 0 Å². The van der Waals surface area contributed by atoms with Crippen LogP contribution in [0.1, 0.15) is 23.7 Å². The van der Waals surface area contributed by atoms with Crippen molar-refractivity contribution < 1.29 is 9.90 Å². The van der Waals surface area contributed by atoms with Crippen molar-refractivity contribution in [2.24, 2.45) is 5.73 Å². The molecule has 0 heterocycles. The van der Waals surface area contributed by atoms with Gasteiger partial charge in [0.15, 0.2) is 0 Å². The fraction of sp³-hybridized carbons (Fsp3) is 0.333. The van der Waals surface area contributed by atoms with Gasteiger partial charge in [-0.2, -0.15) is 0 Å². The van der Waals surface area contributed by atoms with Crippen LogP contribution in [0.15, 0.2) is 22.7 Å². The third-order valence-corrected chi connectivity index (χ3v) is 2.94. The van der Waals surface area contributed by atoms with Crippen LogP contribution in [0.2, 0.25) is 0 Å². The van der Waals surface area contributed by atoms with Crippen LogP contribution >= 0.6 is 28.1 Å². The molecule has 0 saturated heterocycles. The molecular weight excluding hydrogens is 316 g/mol. The zero-order chi connectivity index (χ0) is 13.7.